The van der Waals surface area contributed by atoms with E-state index in [4.69, 9.17) is 11.8 Å². The van der Waals surface area contributed by atoms with Crippen molar-refractivity contribution in [1.82, 2.24) is 4.84 Å². The summed E-state index contributed by atoms with van der Waals surface area (Å²) < 4.78 is 0. The van der Waals surface area contributed by atoms with E-state index < -0.39 is 0 Å². The van der Waals surface area contributed by atoms with Gasteiger partial charge in [-0.2, -0.15) is 0 Å². The molecule has 10 heavy (non-hydrogen) atoms. The highest BCUT2D eigenvalue weighted by molar-refractivity contribution is 6.13. The van der Waals surface area contributed by atoms with Crippen molar-refractivity contribution in [2.24, 2.45) is 5.92 Å². The number of rotatable bonds is 2. The molecule has 0 aromatic heterocycles. The summed E-state index contributed by atoms with van der Waals surface area (Å²) in [6.07, 6.45) is 6.64. The molecule has 1 aliphatic carbocycles. The van der Waals surface area contributed by atoms with Crippen molar-refractivity contribution < 1.29 is 0 Å². The second-order valence-electron chi connectivity index (χ2n) is 3.17. The van der Waals surface area contributed by atoms with E-state index in [0.29, 0.717) is 6.04 Å². The minimum Gasteiger partial charge on any atom is -0.230 e. The van der Waals surface area contributed by atoms with Gasteiger partial charge in [0.25, 0.3) is 0 Å². The summed E-state index contributed by atoms with van der Waals surface area (Å²) in [6, 6.07) is 0.584. The van der Waals surface area contributed by atoms with Crippen molar-refractivity contribution >= 4 is 11.8 Å². The van der Waals surface area contributed by atoms with E-state index in [2.05, 4.69) is 11.8 Å². The first-order valence-corrected chi connectivity index (χ1v) is 4.62. The second kappa shape index (κ2) is 4.20. The van der Waals surface area contributed by atoms with Gasteiger partial charge in [0.1, 0.15) is 0 Å². The van der Waals surface area contributed by atoms with Gasteiger partial charge in [-0.25, -0.2) is 4.84 Å². The Morgan fingerprint density at radius 2 is 2.10 bits per heavy atom. The molecule has 1 nitrogen and oxygen atoms in total. The van der Waals surface area contributed by atoms with Crippen LogP contribution in [0.15, 0.2) is 0 Å². The van der Waals surface area contributed by atoms with Gasteiger partial charge in [0.05, 0.1) is 0 Å². The lowest BCUT2D eigenvalue weighted by molar-refractivity contribution is 0.285. The molecule has 2 heteroatoms. The van der Waals surface area contributed by atoms with E-state index in [0.717, 1.165) is 5.92 Å². The maximum Gasteiger partial charge on any atom is 0.0249 e. The van der Waals surface area contributed by atoms with Crippen LogP contribution in [0.3, 0.4) is 0 Å². The third-order valence-electron chi connectivity index (χ3n) is 2.57. The van der Waals surface area contributed by atoms with Crippen LogP contribution in [0.5, 0.6) is 0 Å². The molecule has 0 aliphatic heterocycles. The van der Waals surface area contributed by atoms with Crippen molar-refractivity contribution in [2.75, 3.05) is 0 Å². The van der Waals surface area contributed by atoms with Gasteiger partial charge in [-0.3, -0.25) is 0 Å². The number of hydrogen-bond acceptors (Lipinski definition) is 1. The Balaban J connectivity index is 2.34. The molecule has 0 spiro atoms. The average molecular weight is 162 g/mol. The number of nitrogens with one attached hydrogen (secondary N) is 1. The highest BCUT2D eigenvalue weighted by Crippen LogP contribution is 2.26. The van der Waals surface area contributed by atoms with Crippen LogP contribution in [0.2, 0.25) is 0 Å². The van der Waals surface area contributed by atoms with Crippen LogP contribution < -0.4 is 4.84 Å². The van der Waals surface area contributed by atoms with Crippen LogP contribution in [0.1, 0.15) is 39.0 Å². The first-order valence-electron chi connectivity index (χ1n) is 4.24. The summed E-state index contributed by atoms with van der Waals surface area (Å²) in [5.74, 6) is 0.825. The van der Waals surface area contributed by atoms with Crippen LogP contribution in [-0.4, -0.2) is 6.04 Å². The smallest absolute Gasteiger partial charge is 0.0249 e. The highest BCUT2D eigenvalue weighted by atomic mass is 35.5. The zero-order valence-electron chi connectivity index (χ0n) is 6.57. The number of halogens is 1. The predicted molar refractivity (Wildman–Crippen MR) is 45.0 cm³/mol. The quantitative estimate of drug-likeness (QED) is 0.615. The van der Waals surface area contributed by atoms with E-state index in [1.165, 1.54) is 32.1 Å². The van der Waals surface area contributed by atoms with Gasteiger partial charge < -0.3 is 0 Å². The molecule has 2 atom stereocenters. The molecule has 1 fully saturated rings. The zero-order chi connectivity index (χ0) is 7.40. The predicted octanol–water partition coefficient (Wildman–Crippen LogP) is 2.70. The van der Waals surface area contributed by atoms with Crippen molar-refractivity contribution in [2.45, 2.75) is 45.1 Å². The fourth-order valence-electron chi connectivity index (χ4n) is 1.84. The molecule has 0 amide bonds. The first kappa shape index (κ1) is 8.35. The molecule has 0 aromatic carbocycles. The molecule has 0 heterocycles. The molecule has 1 N–H and O–H groups in total. The molecule has 0 aromatic rings. The molecule has 60 valence electrons. The van der Waals surface area contributed by atoms with Crippen LogP contribution in [0.25, 0.3) is 0 Å². The van der Waals surface area contributed by atoms with E-state index in [1.54, 1.807) is 0 Å². The van der Waals surface area contributed by atoms with E-state index in [9.17, 15) is 0 Å². The summed E-state index contributed by atoms with van der Waals surface area (Å²) in [4.78, 5) is 2.88. The summed E-state index contributed by atoms with van der Waals surface area (Å²) >= 11 is 5.60. The maximum absolute atomic E-state index is 5.60. The summed E-state index contributed by atoms with van der Waals surface area (Å²) in [7, 11) is 0. The van der Waals surface area contributed by atoms with Gasteiger partial charge in [-0.1, -0.05) is 26.2 Å². The van der Waals surface area contributed by atoms with Crippen LogP contribution in [0, 0.1) is 5.92 Å². The Bertz CT molecular complexity index is 83.3. The molecule has 1 rings (SSSR count). The molecule has 1 saturated carbocycles. The van der Waals surface area contributed by atoms with Crippen molar-refractivity contribution in [3.05, 3.63) is 0 Å². The largest absolute Gasteiger partial charge is 0.230 e. The Labute approximate surface area is 68.3 Å². The summed E-state index contributed by atoms with van der Waals surface area (Å²) in [6.45, 7) is 2.25. The van der Waals surface area contributed by atoms with Crippen LogP contribution in [0.4, 0.5) is 0 Å². The molecular formula is C8H16ClN. The van der Waals surface area contributed by atoms with Crippen molar-refractivity contribution in [3.63, 3.8) is 0 Å². The Morgan fingerprint density at radius 1 is 1.40 bits per heavy atom. The van der Waals surface area contributed by atoms with Crippen LogP contribution in [-0.2, 0) is 0 Å². The van der Waals surface area contributed by atoms with Gasteiger partial charge in [0, 0.05) is 6.04 Å². The fourth-order valence-corrected chi connectivity index (χ4v) is 2.13. The van der Waals surface area contributed by atoms with Gasteiger partial charge in [0.15, 0.2) is 0 Å². The first-order chi connectivity index (χ1) is 4.88. The lowest BCUT2D eigenvalue weighted by atomic mass is 9.83. The molecule has 0 unspecified atom stereocenters. The van der Waals surface area contributed by atoms with Crippen molar-refractivity contribution in [3.8, 4) is 0 Å². The SMILES string of the molecule is CC[C@@H]1CCCC[C@H]1NCl. The minimum atomic E-state index is 0.584. The highest BCUT2D eigenvalue weighted by Gasteiger charge is 2.22. The second-order valence-corrected chi connectivity index (χ2v) is 3.39. The zero-order valence-corrected chi connectivity index (χ0v) is 7.32. The molecule has 0 saturated heterocycles. The minimum absolute atomic E-state index is 0.584. The van der Waals surface area contributed by atoms with Gasteiger partial charge in [-0.15, -0.1) is 0 Å². The standard InChI is InChI=1S/C8H16ClN/c1-2-7-5-3-4-6-8(7)10-9/h7-8,10H,2-6H2,1H3/t7-,8-/m1/s1. The van der Waals surface area contributed by atoms with Gasteiger partial charge in [-0.05, 0) is 30.5 Å². The fraction of sp³-hybridized carbons (Fsp3) is 1.00. The van der Waals surface area contributed by atoms with Crippen LogP contribution >= 0.6 is 11.8 Å². The van der Waals surface area contributed by atoms with Crippen molar-refractivity contribution in [1.29, 1.82) is 0 Å². The summed E-state index contributed by atoms with van der Waals surface area (Å²) in [5, 5.41) is 0. The van der Waals surface area contributed by atoms with Gasteiger partial charge >= 0.3 is 0 Å². The molecule has 0 bridgehead atoms. The monoisotopic (exact) mass is 161 g/mol. The Hall–Kier alpha value is 0.250. The number of hydrogen-bond donors (Lipinski definition) is 1. The third-order valence-corrected chi connectivity index (χ3v) is 2.85. The topological polar surface area (TPSA) is 12.0 Å². The van der Waals surface area contributed by atoms with E-state index in [-0.39, 0.29) is 0 Å². The third kappa shape index (κ3) is 1.86. The average Bonchev–Trinajstić information content (AvgIpc) is 2.04. The van der Waals surface area contributed by atoms with E-state index in [1.807, 2.05) is 0 Å². The maximum atomic E-state index is 5.60. The van der Waals surface area contributed by atoms with E-state index >= 15 is 0 Å². The Morgan fingerprint density at radius 3 is 2.60 bits per heavy atom. The molecular weight excluding hydrogens is 146 g/mol. The summed E-state index contributed by atoms with van der Waals surface area (Å²) in [5.41, 5.74) is 0. The van der Waals surface area contributed by atoms with Gasteiger partial charge in [0.2, 0.25) is 0 Å². The molecule has 1 aliphatic rings. The normalized spacial score (nSPS) is 34.2. The lowest BCUT2D eigenvalue weighted by Crippen LogP contribution is -2.32. The molecule has 0 radical (unpaired) electrons. The lowest BCUT2D eigenvalue weighted by Gasteiger charge is -2.29. The Kier molecular flexibility index (Phi) is 3.50.